The third-order valence-corrected chi connectivity index (χ3v) is 3.71. The summed E-state index contributed by atoms with van der Waals surface area (Å²) in [5, 5.41) is 9.60. The summed E-state index contributed by atoms with van der Waals surface area (Å²) in [6.45, 7) is 3.22. The van der Waals surface area contributed by atoms with Crippen LogP contribution in [0, 0.1) is 0 Å². The quantitative estimate of drug-likeness (QED) is 0.816. The van der Waals surface area contributed by atoms with Gasteiger partial charge in [-0.3, -0.25) is 14.7 Å². The molecule has 1 aliphatic heterocycles. The van der Waals surface area contributed by atoms with Crippen LogP contribution in [0.25, 0.3) is 0 Å². The maximum absolute atomic E-state index is 12.0. The molecule has 2 aliphatic rings. The average molecular weight is 277 g/mol. The minimum atomic E-state index is -0.285. The first-order valence-corrected chi connectivity index (χ1v) is 7.14. The zero-order chi connectivity index (χ0) is 14.1. The molecule has 1 aromatic rings. The summed E-state index contributed by atoms with van der Waals surface area (Å²) in [6.07, 6.45) is 3.75. The fourth-order valence-corrected chi connectivity index (χ4v) is 2.48. The number of carbonyl (C=O) groups excluding carboxylic acids is 2. The molecule has 0 spiro atoms. The monoisotopic (exact) mass is 277 g/mol. The molecular formula is C13H19N5O2. The fraction of sp³-hybridized carbons (Fsp3) is 0.692. The number of aromatic amines is 1. The van der Waals surface area contributed by atoms with Gasteiger partial charge in [0, 0.05) is 31.5 Å². The van der Waals surface area contributed by atoms with Crippen LogP contribution >= 0.6 is 0 Å². The van der Waals surface area contributed by atoms with E-state index in [1.807, 2.05) is 6.92 Å². The molecule has 20 heavy (non-hydrogen) atoms. The Morgan fingerprint density at radius 3 is 3.00 bits per heavy atom. The highest BCUT2D eigenvalue weighted by molar-refractivity contribution is 5.90. The maximum atomic E-state index is 12.0. The summed E-state index contributed by atoms with van der Waals surface area (Å²) in [7, 11) is 0. The number of hydrogen-bond donors (Lipinski definition) is 2. The molecule has 1 aromatic heterocycles. The van der Waals surface area contributed by atoms with Crippen molar-refractivity contribution in [3.63, 3.8) is 0 Å². The summed E-state index contributed by atoms with van der Waals surface area (Å²) >= 11 is 0. The van der Waals surface area contributed by atoms with E-state index in [0.29, 0.717) is 18.9 Å². The molecule has 0 bridgehead atoms. The number of amides is 2. The van der Waals surface area contributed by atoms with Crippen molar-refractivity contribution in [2.75, 3.05) is 13.1 Å². The van der Waals surface area contributed by atoms with Crippen molar-refractivity contribution in [3.05, 3.63) is 11.6 Å². The largest absolute Gasteiger partial charge is 0.345 e. The van der Waals surface area contributed by atoms with Gasteiger partial charge in [-0.1, -0.05) is 0 Å². The van der Waals surface area contributed by atoms with Crippen LogP contribution in [0.4, 0.5) is 0 Å². The van der Waals surface area contributed by atoms with Crippen LogP contribution in [0.3, 0.4) is 0 Å². The van der Waals surface area contributed by atoms with Gasteiger partial charge in [0.15, 0.2) is 0 Å². The molecule has 1 unspecified atom stereocenters. The van der Waals surface area contributed by atoms with E-state index in [1.165, 1.54) is 0 Å². The van der Waals surface area contributed by atoms with Crippen LogP contribution in [0.2, 0.25) is 0 Å². The molecule has 2 N–H and O–H groups in total. The lowest BCUT2D eigenvalue weighted by Gasteiger charge is -2.21. The summed E-state index contributed by atoms with van der Waals surface area (Å²) in [4.78, 5) is 29.5. The SMILES string of the molecule is CC(CN1CCCC1=O)NC(=O)c1n[nH]c(C2CC2)n1. The van der Waals surface area contributed by atoms with E-state index in [-0.39, 0.29) is 23.7 Å². The number of carbonyl (C=O) groups is 2. The van der Waals surface area contributed by atoms with Crippen LogP contribution in [0.15, 0.2) is 0 Å². The van der Waals surface area contributed by atoms with Gasteiger partial charge in [0.05, 0.1) is 0 Å². The number of hydrogen-bond acceptors (Lipinski definition) is 4. The second-order valence-electron chi connectivity index (χ2n) is 5.64. The second kappa shape index (κ2) is 5.22. The summed E-state index contributed by atoms with van der Waals surface area (Å²) in [5.74, 6) is 1.32. The van der Waals surface area contributed by atoms with Crippen molar-refractivity contribution in [3.8, 4) is 0 Å². The molecule has 0 aromatic carbocycles. The third-order valence-electron chi connectivity index (χ3n) is 3.71. The Hall–Kier alpha value is -1.92. The molecule has 3 rings (SSSR count). The molecule has 1 saturated heterocycles. The number of rotatable bonds is 5. The van der Waals surface area contributed by atoms with E-state index in [9.17, 15) is 9.59 Å². The first kappa shape index (κ1) is 13.1. The van der Waals surface area contributed by atoms with Crippen molar-refractivity contribution in [2.24, 2.45) is 0 Å². The summed E-state index contributed by atoms with van der Waals surface area (Å²) in [5.41, 5.74) is 0. The maximum Gasteiger partial charge on any atom is 0.291 e. The second-order valence-corrected chi connectivity index (χ2v) is 5.64. The molecule has 2 fully saturated rings. The number of aromatic nitrogens is 3. The molecule has 1 saturated carbocycles. The van der Waals surface area contributed by atoms with Gasteiger partial charge in [0.1, 0.15) is 5.82 Å². The Morgan fingerprint density at radius 1 is 1.55 bits per heavy atom. The third kappa shape index (κ3) is 2.81. The Balaban J connectivity index is 1.53. The van der Waals surface area contributed by atoms with E-state index in [2.05, 4.69) is 20.5 Å². The standard InChI is InChI=1S/C13H19N5O2/c1-8(7-18-6-2-3-10(18)19)14-13(20)12-15-11(16-17-12)9-4-5-9/h8-9H,2-7H2,1H3,(H,14,20)(H,15,16,17). The van der Waals surface area contributed by atoms with E-state index < -0.39 is 0 Å². The van der Waals surface area contributed by atoms with Gasteiger partial charge in [-0.05, 0) is 26.2 Å². The number of nitrogens with one attached hydrogen (secondary N) is 2. The zero-order valence-electron chi connectivity index (χ0n) is 11.6. The minimum Gasteiger partial charge on any atom is -0.345 e. The molecule has 2 amide bonds. The lowest BCUT2D eigenvalue weighted by Crippen LogP contribution is -2.42. The highest BCUT2D eigenvalue weighted by atomic mass is 16.2. The molecule has 0 radical (unpaired) electrons. The number of H-pyrrole nitrogens is 1. The van der Waals surface area contributed by atoms with E-state index in [4.69, 9.17) is 0 Å². The Kier molecular flexibility index (Phi) is 3.42. The minimum absolute atomic E-state index is 0.104. The van der Waals surface area contributed by atoms with Crippen molar-refractivity contribution in [1.29, 1.82) is 0 Å². The average Bonchev–Trinajstić information content (AvgIpc) is 3.00. The van der Waals surface area contributed by atoms with E-state index >= 15 is 0 Å². The lowest BCUT2D eigenvalue weighted by atomic mass is 10.3. The van der Waals surface area contributed by atoms with E-state index in [0.717, 1.165) is 31.6 Å². The van der Waals surface area contributed by atoms with Crippen molar-refractivity contribution in [1.82, 2.24) is 25.4 Å². The predicted octanol–water partition coefficient (Wildman–Crippen LogP) is 0.423. The molecule has 7 heteroatoms. The topological polar surface area (TPSA) is 91.0 Å². The predicted molar refractivity (Wildman–Crippen MR) is 71.1 cm³/mol. The fourth-order valence-electron chi connectivity index (χ4n) is 2.48. The first-order valence-electron chi connectivity index (χ1n) is 7.14. The van der Waals surface area contributed by atoms with Crippen LogP contribution in [-0.2, 0) is 4.79 Å². The molecular weight excluding hydrogens is 258 g/mol. The van der Waals surface area contributed by atoms with Crippen molar-refractivity contribution < 1.29 is 9.59 Å². The summed E-state index contributed by atoms with van der Waals surface area (Å²) < 4.78 is 0. The molecule has 1 atom stereocenters. The van der Waals surface area contributed by atoms with Crippen molar-refractivity contribution in [2.45, 2.75) is 44.6 Å². The van der Waals surface area contributed by atoms with Crippen LogP contribution < -0.4 is 5.32 Å². The first-order chi connectivity index (χ1) is 9.63. The number of likely N-dealkylation sites (tertiary alicyclic amines) is 1. The smallest absolute Gasteiger partial charge is 0.291 e. The van der Waals surface area contributed by atoms with Gasteiger partial charge in [0.2, 0.25) is 11.7 Å². The van der Waals surface area contributed by atoms with Crippen LogP contribution in [0.5, 0.6) is 0 Å². The Bertz CT molecular complexity index is 523. The zero-order valence-corrected chi connectivity index (χ0v) is 11.6. The summed E-state index contributed by atoms with van der Waals surface area (Å²) in [6, 6.07) is -0.104. The van der Waals surface area contributed by atoms with Gasteiger partial charge in [-0.15, -0.1) is 5.10 Å². The highest BCUT2D eigenvalue weighted by Crippen LogP contribution is 2.37. The van der Waals surface area contributed by atoms with Crippen LogP contribution in [-0.4, -0.2) is 51.0 Å². The number of nitrogens with zero attached hydrogens (tertiary/aromatic N) is 3. The van der Waals surface area contributed by atoms with Gasteiger partial charge in [-0.2, -0.15) is 0 Å². The van der Waals surface area contributed by atoms with Gasteiger partial charge in [0.25, 0.3) is 5.91 Å². The lowest BCUT2D eigenvalue weighted by molar-refractivity contribution is -0.127. The molecule has 7 nitrogen and oxygen atoms in total. The Labute approximate surface area is 117 Å². The molecule has 2 heterocycles. The van der Waals surface area contributed by atoms with Gasteiger partial charge >= 0.3 is 0 Å². The van der Waals surface area contributed by atoms with Crippen molar-refractivity contribution >= 4 is 11.8 Å². The highest BCUT2D eigenvalue weighted by Gasteiger charge is 2.28. The van der Waals surface area contributed by atoms with Gasteiger partial charge in [-0.25, -0.2) is 4.98 Å². The Morgan fingerprint density at radius 2 is 2.35 bits per heavy atom. The van der Waals surface area contributed by atoms with Gasteiger partial charge < -0.3 is 10.2 Å². The molecule has 1 aliphatic carbocycles. The molecule has 108 valence electrons. The normalized spacial score (nSPS) is 20.2. The van der Waals surface area contributed by atoms with E-state index in [1.54, 1.807) is 4.90 Å². The van der Waals surface area contributed by atoms with Crippen LogP contribution in [0.1, 0.15) is 55.0 Å².